The summed E-state index contributed by atoms with van der Waals surface area (Å²) in [6.45, 7) is 0. The predicted molar refractivity (Wildman–Crippen MR) is 82.6 cm³/mol. The monoisotopic (exact) mass is 348 g/mol. The summed E-state index contributed by atoms with van der Waals surface area (Å²) in [5, 5.41) is 7.58. The predicted octanol–water partition coefficient (Wildman–Crippen LogP) is 3.13. The van der Waals surface area contributed by atoms with Gasteiger partial charge in [0, 0.05) is 28.5 Å². The standard InChI is InChI=1S/C15H14BrFN4/c1-18-14(6-10-4-11(16)7-12(17)5-10)13-8-20-21-3-2-19-9-15(13)21/h2-5,7-9,14,18H,6H2,1H3. The molecule has 3 rings (SSSR count). The van der Waals surface area contributed by atoms with Crippen molar-refractivity contribution in [3.05, 3.63) is 64.4 Å². The van der Waals surface area contributed by atoms with Gasteiger partial charge in [0.25, 0.3) is 0 Å². The lowest BCUT2D eigenvalue weighted by Gasteiger charge is -2.15. The zero-order chi connectivity index (χ0) is 14.8. The van der Waals surface area contributed by atoms with E-state index in [0.717, 1.165) is 21.1 Å². The van der Waals surface area contributed by atoms with Crippen molar-refractivity contribution in [2.45, 2.75) is 12.5 Å². The van der Waals surface area contributed by atoms with Crippen LogP contribution in [0.4, 0.5) is 4.39 Å². The summed E-state index contributed by atoms with van der Waals surface area (Å²) in [5.74, 6) is -0.240. The number of aromatic nitrogens is 3. The van der Waals surface area contributed by atoms with Crippen LogP contribution in [0.15, 0.2) is 47.5 Å². The van der Waals surface area contributed by atoms with Crippen molar-refractivity contribution in [1.82, 2.24) is 19.9 Å². The number of fused-ring (bicyclic) bond motifs is 1. The first-order valence-corrected chi connectivity index (χ1v) is 7.36. The van der Waals surface area contributed by atoms with Crippen molar-refractivity contribution >= 4 is 21.4 Å². The van der Waals surface area contributed by atoms with E-state index in [-0.39, 0.29) is 11.9 Å². The van der Waals surface area contributed by atoms with E-state index in [1.54, 1.807) is 23.0 Å². The zero-order valence-corrected chi connectivity index (χ0v) is 13.0. The molecule has 108 valence electrons. The van der Waals surface area contributed by atoms with Gasteiger partial charge in [-0.3, -0.25) is 4.98 Å². The Morgan fingerprint density at radius 2 is 2.19 bits per heavy atom. The summed E-state index contributed by atoms with van der Waals surface area (Å²) in [6, 6.07) is 4.98. The highest BCUT2D eigenvalue weighted by atomic mass is 79.9. The zero-order valence-electron chi connectivity index (χ0n) is 11.4. The fraction of sp³-hybridized carbons (Fsp3) is 0.200. The topological polar surface area (TPSA) is 42.2 Å². The van der Waals surface area contributed by atoms with Crippen LogP contribution in [0.5, 0.6) is 0 Å². The average molecular weight is 349 g/mol. The number of rotatable bonds is 4. The minimum absolute atomic E-state index is 0.0420. The number of hydrogen-bond acceptors (Lipinski definition) is 3. The van der Waals surface area contributed by atoms with E-state index < -0.39 is 0 Å². The molecule has 2 aromatic heterocycles. The lowest BCUT2D eigenvalue weighted by molar-refractivity contribution is 0.587. The normalized spacial score (nSPS) is 12.7. The second-order valence-corrected chi connectivity index (χ2v) is 5.74. The minimum Gasteiger partial charge on any atom is -0.313 e. The SMILES string of the molecule is CNC(Cc1cc(F)cc(Br)c1)c1cnn2ccncc12. The third-order valence-electron chi connectivity index (χ3n) is 3.44. The van der Waals surface area contributed by atoms with E-state index in [2.05, 4.69) is 31.3 Å². The Hall–Kier alpha value is -1.79. The van der Waals surface area contributed by atoms with E-state index in [1.165, 1.54) is 6.07 Å². The van der Waals surface area contributed by atoms with Crippen LogP contribution >= 0.6 is 15.9 Å². The Labute approximate surface area is 130 Å². The number of hydrogen-bond donors (Lipinski definition) is 1. The molecule has 0 amide bonds. The number of nitrogens with one attached hydrogen (secondary N) is 1. The van der Waals surface area contributed by atoms with E-state index >= 15 is 0 Å². The van der Waals surface area contributed by atoms with E-state index in [4.69, 9.17) is 0 Å². The van der Waals surface area contributed by atoms with Gasteiger partial charge in [-0.05, 0) is 37.2 Å². The Morgan fingerprint density at radius 1 is 1.33 bits per heavy atom. The molecule has 0 aliphatic carbocycles. The van der Waals surface area contributed by atoms with Crippen LogP contribution in [0.1, 0.15) is 17.2 Å². The minimum atomic E-state index is -0.240. The molecule has 0 aliphatic heterocycles. The number of likely N-dealkylation sites (N-methyl/N-ethyl adjacent to an activating group) is 1. The number of nitrogens with zero attached hydrogens (tertiary/aromatic N) is 3. The smallest absolute Gasteiger partial charge is 0.124 e. The maximum atomic E-state index is 13.5. The average Bonchev–Trinajstić information content (AvgIpc) is 2.87. The van der Waals surface area contributed by atoms with Crippen LogP contribution in [0.3, 0.4) is 0 Å². The first-order valence-electron chi connectivity index (χ1n) is 6.57. The van der Waals surface area contributed by atoms with E-state index in [0.29, 0.717) is 6.42 Å². The third kappa shape index (κ3) is 2.96. The van der Waals surface area contributed by atoms with Crippen LogP contribution in [-0.2, 0) is 6.42 Å². The molecule has 1 atom stereocenters. The van der Waals surface area contributed by atoms with Gasteiger partial charge in [-0.15, -0.1) is 0 Å². The largest absolute Gasteiger partial charge is 0.313 e. The maximum absolute atomic E-state index is 13.5. The van der Waals surface area contributed by atoms with Crippen LogP contribution in [0, 0.1) is 5.82 Å². The molecule has 3 aromatic rings. The fourth-order valence-electron chi connectivity index (χ4n) is 2.45. The Bertz CT molecular complexity index is 751. The van der Waals surface area contributed by atoms with E-state index in [9.17, 15) is 4.39 Å². The molecular weight excluding hydrogens is 335 g/mol. The second-order valence-electron chi connectivity index (χ2n) is 4.83. The van der Waals surface area contributed by atoms with Crippen molar-refractivity contribution in [3.8, 4) is 0 Å². The van der Waals surface area contributed by atoms with Crippen LogP contribution in [-0.4, -0.2) is 21.6 Å². The molecule has 0 aliphatic rings. The van der Waals surface area contributed by atoms with Crippen molar-refractivity contribution in [2.24, 2.45) is 0 Å². The summed E-state index contributed by atoms with van der Waals surface area (Å²) in [6.07, 6.45) is 7.79. The van der Waals surface area contributed by atoms with Gasteiger partial charge in [0.05, 0.1) is 17.9 Å². The lowest BCUT2D eigenvalue weighted by atomic mass is 10.0. The first-order chi connectivity index (χ1) is 10.2. The number of benzene rings is 1. The molecule has 6 heteroatoms. The summed E-state index contributed by atoms with van der Waals surface area (Å²) in [4.78, 5) is 4.14. The second kappa shape index (κ2) is 5.91. The Kier molecular flexibility index (Phi) is 3.98. The van der Waals surface area contributed by atoms with Gasteiger partial charge < -0.3 is 5.32 Å². The molecule has 0 spiro atoms. The highest BCUT2D eigenvalue weighted by molar-refractivity contribution is 9.10. The molecule has 2 heterocycles. The van der Waals surface area contributed by atoms with Crippen molar-refractivity contribution in [3.63, 3.8) is 0 Å². The van der Waals surface area contributed by atoms with Gasteiger partial charge in [-0.1, -0.05) is 15.9 Å². The molecule has 1 unspecified atom stereocenters. The molecule has 21 heavy (non-hydrogen) atoms. The molecule has 4 nitrogen and oxygen atoms in total. The molecule has 0 saturated heterocycles. The Morgan fingerprint density at radius 3 is 2.95 bits per heavy atom. The maximum Gasteiger partial charge on any atom is 0.124 e. The van der Waals surface area contributed by atoms with Gasteiger partial charge in [0.2, 0.25) is 0 Å². The first kappa shape index (κ1) is 14.2. The van der Waals surface area contributed by atoms with Crippen molar-refractivity contribution < 1.29 is 4.39 Å². The van der Waals surface area contributed by atoms with Gasteiger partial charge in [0.15, 0.2) is 0 Å². The molecule has 0 fully saturated rings. The van der Waals surface area contributed by atoms with Crippen molar-refractivity contribution in [2.75, 3.05) is 7.05 Å². The summed E-state index contributed by atoms with van der Waals surface area (Å²) < 4.78 is 16.0. The molecule has 1 N–H and O–H groups in total. The molecule has 0 radical (unpaired) electrons. The highest BCUT2D eigenvalue weighted by Crippen LogP contribution is 2.24. The summed E-state index contributed by atoms with van der Waals surface area (Å²) >= 11 is 3.33. The van der Waals surface area contributed by atoms with Crippen LogP contribution in [0.25, 0.3) is 5.52 Å². The quantitative estimate of drug-likeness (QED) is 0.787. The van der Waals surface area contributed by atoms with E-state index in [1.807, 2.05) is 25.5 Å². The highest BCUT2D eigenvalue weighted by Gasteiger charge is 2.16. The van der Waals surface area contributed by atoms with Gasteiger partial charge in [-0.2, -0.15) is 5.10 Å². The fourth-order valence-corrected chi connectivity index (χ4v) is 2.97. The molecule has 0 saturated carbocycles. The van der Waals surface area contributed by atoms with Gasteiger partial charge >= 0.3 is 0 Å². The third-order valence-corrected chi connectivity index (χ3v) is 3.90. The van der Waals surface area contributed by atoms with Crippen LogP contribution in [0.2, 0.25) is 0 Å². The van der Waals surface area contributed by atoms with Crippen molar-refractivity contribution in [1.29, 1.82) is 0 Å². The summed E-state index contributed by atoms with van der Waals surface area (Å²) in [7, 11) is 1.89. The Balaban J connectivity index is 1.95. The van der Waals surface area contributed by atoms with Gasteiger partial charge in [0.1, 0.15) is 5.82 Å². The molecule has 1 aromatic carbocycles. The lowest BCUT2D eigenvalue weighted by Crippen LogP contribution is -2.18. The molecule has 0 bridgehead atoms. The van der Waals surface area contributed by atoms with Crippen LogP contribution < -0.4 is 5.32 Å². The summed E-state index contributed by atoms with van der Waals surface area (Å²) in [5.41, 5.74) is 2.92. The van der Waals surface area contributed by atoms with Gasteiger partial charge in [-0.25, -0.2) is 8.91 Å². The molecular formula is C15H14BrFN4. The number of halogens is 2.